The maximum absolute atomic E-state index is 11.8. The van der Waals surface area contributed by atoms with Crippen molar-refractivity contribution >= 4 is 29.1 Å². The van der Waals surface area contributed by atoms with Gasteiger partial charge < -0.3 is 15.4 Å². The van der Waals surface area contributed by atoms with Crippen LogP contribution in [0.4, 0.5) is 0 Å². The summed E-state index contributed by atoms with van der Waals surface area (Å²) in [4.78, 5) is 11.8. The van der Waals surface area contributed by atoms with Crippen molar-refractivity contribution < 1.29 is 9.53 Å². The first-order valence-electron chi connectivity index (χ1n) is 6.21. The van der Waals surface area contributed by atoms with Crippen molar-refractivity contribution in [2.75, 3.05) is 26.2 Å². The molecule has 1 amide bonds. The molecule has 1 aliphatic rings. The van der Waals surface area contributed by atoms with Crippen molar-refractivity contribution in [1.82, 2.24) is 10.6 Å². The van der Waals surface area contributed by atoms with Crippen molar-refractivity contribution in [2.24, 2.45) is 0 Å². The molecule has 0 aliphatic carbocycles. The quantitative estimate of drug-likeness (QED) is 0.889. The summed E-state index contributed by atoms with van der Waals surface area (Å²) in [7, 11) is 0. The fourth-order valence-electron chi connectivity index (χ4n) is 1.93. The average Bonchev–Trinajstić information content (AvgIpc) is 2.43. The first-order chi connectivity index (χ1) is 9.18. The zero-order chi connectivity index (χ0) is 13.7. The Bertz CT molecular complexity index is 428. The van der Waals surface area contributed by atoms with Gasteiger partial charge >= 0.3 is 0 Å². The molecule has 0 saturated carbocycles. The highest BCUT2D eigenvalue weighted by Gasteiger charge is 2.21. The van der Waals surface area contributed by atoms with Gasteiger partial charge in [-0.1, -0.05) is 29.3 Å². The summed E-state index contributed by atoms with van der Waals surface area (Å²) < 4.78 is 5.36. The molecule has 2 rings (SSSR count). The monoisotopic (exact) mass is 302 g/mol. The molecule has 0 bridgehead atoms. The number of hydrogen-bond acceptors (Lipinski definition) is 3. The van der Waals surface area contributed by atoms with E-state index in [9.17, 15) is 4.79 Å². The molecule has 6 heteroatoms. The van der Waals surface area contributed by atoms with Gasteiger partial charge in [0.15, 0.2) is 0 Å². The molecule has 2 N–H and O–H groups in total. The first-order valence-corrected chi connectivity index (χ1v) is 6.97. The Morgan fingerprint density at radius 3 is 2.79 bits per heavy atom. The minimum Gasteiger partial charge on any atom is -0.366 e. The highest BCUT2D eigenvalue weighted by Crippen LogP contribution is 2.24. The van der Waals surface area contributed by atoms with Gasteiger partial charge in [-0.15, -0.1) is 0 Å². The summed E-state index contributed by atoms with van der Waals surface area (Å²) in [6.45, 7) is 2.40. The molecule has 4 nitrogen and oxygen atoms in total. The Kier molecular flexibility index (Phi) is 5.45. The van der Waals surface area contributed by atoms with Gasteiger partial charge in [0.05, 0.1) is 6.61 Å². The van der Waals surface area contributed by atoms with Crippen LogP contribution in [0.3, 0.4) is 0 Å². The van der Waals surface area contributed by atoms with Crippen molar-refractivity contribution in [1.29, 1.82) is 0 Å². The molecule has 1 aliphatic heterocycles. The van der Waals surface area contributed by atoms with Crippen LogP contribution in [0.5, 0.6) is 0 Å². The molecule has 1 aromatic rings. The Morgan fingerprint density at radius 2 is 2.16 bits per heavy atom. The van der Waals surface area contributed by atoms with E-state index in [1.807, 2.05) is 0 Å². The first kappa shape index (κ1) is 14.6. The maximum Gasteiger partial charge on any atom is 0.250 e. The van der Waals surface area contributed by atoms with Crippen LogP contribution in [0.15, 0.2) is 18.2 Å². The second-order valence-electron chi connectivity index (χ2n) is 4.30. The van der Waals surface area contributed by atoms with Crippen LogP contribution in [0, 0.1) is 0 Å². The van der Waals surface area contributed by atoms with Gasteiger partial charge in [-0.05, 0) is 24.1 Å². The number of benzene rings is 1. The highest BCUT2D eigenvalue weighted by molar-refractivity contribution is 6.35. The molecule has 0 radical (unpaired) electrons. The zero-order valence-electron chi connectivity index (χ0n) is 10.4. The molecule has 19 heavy (non-hydrogen) atoms. The van der Waals surface area contributed by atoms with E-state index in [4.69, 9.17) is 27.9 Å². The number of rotatable bonds is 4. The van der Waals surface area contributed by atoms with E-state index in [2.05, 4.69) is 10.6 Å². The Morgan fingerprint density at radius 1 is 1.42 bits per heavy atom. The van der Waals surface area contributed by atoms with Crippen molar-refractivity contribution in [3.63, 3.8) is 0 Å². The molecule has 0 aromatic heterocycles. The number of amides is 1. The smallest absolute Gasteiger partial charge is 0.250 e. The van der Waals surface area contributed by atoms with Gasteiger partial charge in [0.1, 0.15) is 6.10 Å². The van der Waals surface area contributed by atoms with E-state index in [1.54, 1.807) is 18.2 Å². The average molecular weight is 303 g/mol. The molecule has 104 valence electrons. The second kappa shape index (κ2) is 7.10. The standard InChI is InChI=1S/C13H16Cl2N2O2/c14-10-2-1-3-11(15)9(10)4-5-17-13(18)12-8-16-6-7-19-12/h1-3,12,16H,4-8H2,(H,17,18). The lowest BCUT2D eigenvalue weighted by Crippen LogP contribution is -2.48. The van der Waals surface area contributed by atoms with Crippen LogP contribution >= 0.6 is 23.2 Å². The van der Waals surface area contributed by atoms with E-state index < -0.39 is 6.10 Å². The summed E-state index contributed by atoms with van der Waals surface area (Å²) >= 11 is 12.1. The number of ether oxygens (including phenoxy) is 1. The molecule has 1 unspecified atom stereocenters. The topological polar surface area (TPSA) is 50.4 Å². The predicted molar refractivity (Wildman–Crippen MR) is 75.8 cm³/mol. The molecule has 1 aromatic carbocycles. The molecule has 0 spiro atoms. The molecule has 1 atom stereocenters. The fraction of sp³-hybridized carbons (Fsp3) is 0.462. The summed E-state index contributed by atoms with van der Waals surface area (Å²) in [5.74, 6) is -0.102. The Balaban J connectivity index is 1.81. The Hall–Kier alpha value is -0.810. The SMILES string of the molecule is O=C(NCCc1c(Cl)cccc1Cl)C1CNCCO1. The van der Waals surface area contributed by atoms with E-state index in [0.29, 0.717) is 36.2 Å². The highest BCUT2D eigenvalue weighted by atomic mass is 35.5. The third kappa shape index (κ3) is 4.08. The van der Waals surface area contributed by atoms with Gasteiger partial charge in [0.25, 0.3) is 0 Å². The van der Waals surface area contributed by atoms with E-state index in [0.717, 1.165) is 12.1 Å². The van der Waals surface area contributed by atoms with E-state index in [1.165, 1.54) is 0 Å². The van der Waals surface area contributed by atoms with Crippen LogP contribution in [0.1, 0.15) is 5.56 Å². The van der Waals surface area contributed by atoms with Crippen LogP contribution in [-0.2, 0) is 16.0 Å². The van der Waals surface area contributed by atoms with Crippen LogP contribution in [-0.4, -0.2) is 38.3 Å². The van der Waals surface area contributed by atoms with Gasteiger partial charge in [0.2, 0.25) is 5.91 Å². The summed E-state index contributed by atoms with van der Waals surface area (Å²) in [5.41, 5.74) is 0.855. The fourth-order valence-corrected chi connectivity index (χ4v) is 2.52. The largest absolute Gasteiger partial charge is 0.366 e. The van der Waals surface area contributed by atoms with Crippen LogP contribution < -0.4 is 10.6 Å². The lowest BCUT2D eigenvalue weighted by atomic mass is 10.1. The van der Waals surface area contributed by atoms with Crippen LogP contribution in [0.2, 0.25) is 10.0 Å². The van der Waals surface area contributed by atoms with Gasteiger partial charge in [-0.2, -0.15) is 0 Å². The number of carbonyl (C=O) groups is 1. The molecule has 1 fully saturated rings. The third-order valence-electron chi connectivity index (χ3n) is 2.96. The minimum absolute atomic E-state index is 0.102. The second-order valence-corrected chi connectivity index (χ2v) is 5.12. The Labute approximate surface area is 122 Å². The maximum atomic E-state index is 11.8. The minimum atomic E-state index is -0.407. The number of halogens is 2. The van der Waals surface area contributed by atoms with Gasteiger partial charge in [-0.25, -0.2) is 0 Å². The molecule has 1 saturated heterocycles. The zero-order valence-corrected chi connectivity index (χ0v) is 11.9. The molecule has 1 heterocycles. The van der Waals surface area contributed by atoms with Gasteiger partial charge in [-0.3, -0.25) is 4.79 Å². The number of carbonyl (C=O) groups excluding carboxylic acids is 1. The van der Waals surface area contributed by atoms with Crippen molar-refractivity contribution in [3.05, 3.63) is 33.8 Å². The lowest BCUT2D eigenvalue weighted by molar-refractivity contribution is -0.134. The lowest BCUT2D eigenvalue weighted by Gasteiger charge is -2.22. The summed E-state index contributed by atoms with van der Waals surface area (Å²) in [6, 6.07) is 5.38. The molecular formula is C13H16Cl2N2O2. The van der Waals surface area contributed by atoms with E-state index in [-0.39, 0.29) is 5.91 Å². The number of morpholine rings is 1. The van der Waals surface area contributed by atoms with E-state index >= 15 is 0 Å². The molecular weight excluding hydrogens is 287 g/mol. The summed E-state index contributed by atoms with van der Waals surface area (Å²) in [6.07, 6.45) is 0.195. The number of nitrogens with one attached hydrogen (secondary N) is 2. The predicted octanol–water partition coefficient (Wildman–Crippen LogP) is 1.64. The van der Waals surface area contributed by atoms with Crippen LogP contribution in [0.25, 0.3) is 0 Å². The number of hydrogen-bond donors (Lipinski definition) is 2. The summed E-state index contributed by atoms with van der Waals surface area (Å²) in [5, 5.41) is 7.19. The third-order valence-corrected chi connectivity index (χ3v) is 3.66. The normalized spacial score (nSPS) is 19.2. The van der Waals surface area contributed by atoms with Gasteiger partial charge in [0, 0.05) is 29.7 Å². The van der Waals surface area contributed by atoms with Crippen molar-refractivity contribution in [2.45, 2.75) is 12.5 Å². The van der Waals surface area contributed by atoms with Crippen molar-refractivity contribution in [3.8, 4) is 0 Å².